The normalized spacial score (nSPS) is 10.3. The van der Waals surface area contributed by atoms with Gasteiger partial charge in [-0.25, -0.2) is 0 Å². The van der Waals surface area contributed by atoms with E-state index in [0.717, 1.165) is 10.6 Å². The molecule has 1 nitrogen and oxygen atoms in total. The van der Waals surface area contributed by atoms with E-state index in [4.69, 9.17) is 47.0 Å². The molecule has 0 aromatic heterocycles. The lowest BCUT2D eigenvalue weighted by atomic mass is 10.3. The number of benzene rings is 2. The van der Waals surface area contributed by atoms with Gasteiger partial charge in [0, 0.05) is 15.6 Å². The molecule has 6 heteroatoms. The van der Waals surface area contributed by atoms with Crippen molar-refractivity contribution < 1.29 is 0 Å². The summed E-state index contributed by atoms with van der Waals surface area (Å²) in [4.78, 5) is 1.02. The lowest BCUT2D eigenvalue weighted by molar-refractivity contribution is 1.47. The number of nitrogens with one attached hydrogen (secondary N) is 1. The largest absolute Gasteiger partial charge is 0.341 e. The summed E-state index contributed by atoms with van der Waals surface area (Å²) in [6.45, 7) is 0. The first-order valence-corrected chi connectivity index (χ1v) is 7.60. The highest BCUT2D eigenvalue weighted by molar-refractivity contribution is 8.23. The van der Waals surface area contributed by atoms with Crippen molar-refractivity contribution >= 4 is 68.8 Å². The van der Waals surface area contributed by atoms with Crippen LogP contribution in [0.5, 0.6) is 0 Å². The van der Waals surface area contributed by atoms with Gasteiger partial charge in [0.05, 0.1) is 10.0 Å². The molecule has 2 aromatic carbocycles. The lowest BCUT2D eigenvalue weighted by Gasteiger charge is -2.08. The summed E-state index contributed by atoms with van der Waals surface area (Å²) < 4.78 is 0.626. The Labute approximate surface area is 136 Å². The molecular weight excluding hydrogens is 341 g/mol. The lowest BCUT2D eigenvalue weighted by Crippen LogP contribution is -2.03. The number of anilines is 1. The van der Waals surface area contributed by atoms with Gasteiger partial charge in [0.15, 0.2) is 0 Å². The minimum Gasteiger partial charge on any atom is -0.341 e. The Morgan fingerprint density at radius 2 is 1.63 bits per heavy atom. The van der Waals surface area contributed by atoms with Gasteiger partial charge in [0.2, 0.25) is 0 Å². The third-order valence-corrected chi connectivity index (χ3v) is 4.33. The average molecular weight is 349 g/mol. The second kappa shape index (κ2) is 6.82. The fourth-order valence-electron chi connectivity index (χ4n) is 1.33. The van der Waals surface area contributed by atoms with Gasteiger partial charge in [-0.15, -0.1) is 0 Å². The van der Waals surface area contributed by atoms with Crippen LogP contribution >= 0.6 is 58.8 Å². The Morgan fingerprint density at radius 1 is 0.947 bits per heavy atom. The van der Waals surface area contributed by atoms with Crippen LogP contribution in [0.3, 0.4) is 0 Å². The summed E-state index contributed by atoms with van der Waals surface area (Å²) in [6, 6.07) is 12.8. The van der Waals surface area contributed by atoms with Crippen LogP contribution in [-0.2, 0) is 0 Å². The van der Waals surface area contributed by atoms with Gasteiger partial charge >= 0.3 is 0 Å². The Balaban J connectivity index is 2.01. The molecule has 0 unspecified atom stereocenters. The van der Waals surface area contributed by atoms with Crippen LogP contribution in [0, 0.1) is 0 Å². The molecule has 0 bridgehead atoms. The highest BCUT2D eigenvalue weighted by atomic mass is 35.5. The molecule has 0 saturated carbocycles. The summed E-state index contributed by atoms with van der Waals surface area (Å²) in [5.74, 6) is 0. The molecule has 0 spiro atoms. The molecule has 0 aliphatic carbocycles. The quantitative estimate of drug-likeness (QED) is 0.517. The van der Waals surface area contributed by atoms with Crippen LogP contribution in [-0.4, -0.2) is 4.32 Å². The maximum atomic E-state index is 5.94. The minimum atomic E-state index is 0.492. The number of rotatable bonds is 2. The number of hydrogen-bond donors (Lipinski definition) is 1. The summed E-state index contributed by atoms with van der Waals surface area (Å²) in [5.41, 5.74) is 0.806. The van der Waals surface area contributed by atoms with E-state index in [0.29, 0.717) is 19.4 Å². The Hall–Kier alpha value is -0.450. The van der Waals surface area contributed by atoms with E-state index < -0.39 is 0 Å². The van der Waals surface area contributed by atoms with Crippen LogP contribution in [0.2, 0.25) is 15.1 Å². The van der Waals surface area contributed by atoms with Crippen molar-refractivity contribution in [1.29, 1.82) is 0 Å². The molecule has 0 aliphatic rings. The molecule has 0 heterocycles. The van der Waals surface area contributed by atoms with Gasteiger partial charge in [-0.3, -0.25) is 0 Å². The number of halogens is 3. The smallest absolute Gasteiger partial charge is 0.143 e. The summed E-state index contributed by atoms with van der Waals surface area (Å²) in [6.07, 6.45) is 0. The highest BCUT2D eigenvalue weighted by Gasteiger charge is 2.03. The highest BCUT2D eigenvalue weighted by Crippen LogP contribution is 2.27. The Kier molecular flexibility index (Phi) is 5.37. The van der Waals surface area contributed by atoms with E-state index >= 15 is 0 Å². The molecular formula is C13H8Cl3NS2. The van der Waals surface area contributed by atoms with E-state index in [1.807, 2.05) is 30.3 Å². The molecule has 0 atom stereocenters. The van der Waals surface area contributed by atoms with Crippen molar-refractivity contribution in [3.63, 3.8) is 0 Å². The zero-order valence-electron chi connectivity index (χ0n) is 9.49. The molecule has 98 valence electrons. The maximum Gasteiger partial charge on any atom is 0.143 e. The molecule has 2 rings (SSSR count). The topological polar surface area (TPSA) is 12.0 Å². The number of hydrogen-bond acceptors (Lipinski definition) is 2. The van der Waals surface area contributed by atoms with Crippen LogP contribution in [0.15, 0.2) is 47.4 Å². The van der Waals surface area contributed by atoms with Crippen LogP contribution in [0.1, 0.15) is 0 Å². The predicted octanol–water partition coefficient (Wildman–Crippen LogP) is 6.14. The molecule has 0 aliphatic heterocycles. The Bertz CT molecular complexity index is 599. The Morgan fingerprint density at radius 3 is 2.26 bits per heavy atom. The summed E-state index contributed by atoms with van der Waals surface area (Å²) in [7, 11) is 0. The first-order chi connectivity index (χ1) is 9.04. The van der Waals surface area contributed by atoms with E-state index in [2.05, 4.69) is 5.32 Å². The second-order valence-electron chi connectivity index (χ2n) is 3.60. The number of thiocarbonyl (C=S) groups is 1. The standard InChI is InChI=1S/C13H8Cl3NS2/c14-8-1-4-10(5-2-8)19-13(18)17-9-3-6-11(15)12(16)7-9/h1-7H,(H,17,18). The monoisotopic (exact) mass is 347 g/mol. The first kappa shape index (κ1) is 14.9. The van der Waals surface area contributed by atoms with Gasteiger partial charge in [0.1, 0.15) is 4.32 Å². The van der Waals surface area contributed by atoms with Gasteiger partial charge in [-0.05, 0) is 42.5 Å². The molecule has 0 saturated heterocycles. The van der Waals surface area contributed by atoms with Gasteiger partial charge < -0.3 is 5.32 Å². The van der Waals surface area contributed by atoms with E-state index in [1.54, 1.807) is 12.1 Å². The zero-order chi connectivity index (χ0) is 13.8. The van der Waals surface area contributed by atoms with Gasteiger partial charge in [-0.2, -0.15) is 0 Å². The predicted molar refractivity (Wildman–Crippen MR) is 90.0 cm³/mol. The summed E-state index contributed by atoms with van der Waals surface area (Å²) >= 11 is 24.3. The molecule has 0 amide bonds. The van der Waals surface area contributed by atoms with Crippen LogP contribution in [0.25, 0.3) is 0 Å². The van der Waals surface area contributed by atoms with Crippen LogP contribution in [0.4, 0.5) is 5.69 Å². The molecule has 0 fully saturated rings. The van der Waals surface area contributed by atoms with Gasteiger partial charge in [0.25, 0.3) is 0 Å². The van der Waals surface area contributed by atoms with Crippen molar-refractivity contribution in [2.75, 3.05) is 5.32 Å². The minimum absolute atomic E-state index is 0.492. The fourth-order valence-corrected chi connectivity index (χ4v) is 2.81. The van der Waals surface area contributed by atoms with Crippen molar-refractivity contribution in [1.82, 2.24) is 0 Å². The maximum absolute atomic E-state index is 5.94. The third kappa shape index (κ3) is 4.55. The SMILES string of the molecule is S=C(Nc1ccc(Cl)c(Cl)c1)Sc1ccc(Cl)cc1. The van der Waals surface area contributed by atoms with E-state index in [1.165, 1.54) is 11.8 Å². The van der Waals surface area contributed by atoms with Crippen LogP contribution < -0.4 is 5.32 Å². The zero-order valence-corrected chi connectivity index (χ0v) is 13.4. The summed E-state index contributed by atoms with van der Waals surface area (Å²) in [5, 5.41) is 4.80. The van der Waals surface area contributed by atoms with Crippen molar-refractivity contribution in [2.24, 2.45) is 0 Å². The average Bonchev–Trinajstić information content (AvgIpc) is 2.37. The molecule has 1 N–H and O–H groups in total. The molecule has 2 aromatic rings. The fraction of sp³-hybridized carbons (Fsp3) is 0. The third-order valence-electron chi connectivity index (χ3n) is 2.19. The van der Waals surface area contributed by atoms with Crippen molar-refractivity contribution in [2.45, 2.75) is 4.90 Å². The molecule has 0 radical (unpaired) electrons. The second-order valence-corrected chi connectivity index (χ2v) is 6.60. The van der Waals surface area contributed by atoms with E-state index in [-0.39, 0.29) is 0 Å². The van der Waals surface area contributed by atoms with Crippen molar-refractivity contribution in [3.05, 3.63) is 57.5 Å². The first-order valence-electron chi connectivity index (χ1n) is 5.24. The molecule has 19 heavy (non-hydrogen) atoms. The van der Waals surface area contributed by atoms with Gasteiger partial charge in [-0.1, -0.05) is 58.8 Å². The van der Waals surface area contributed by atoms with Crippen molar-refractivity contribution in [3.8, 4) is 0 Å². The number of thioether (sulfide) groups is 1. The van der Waals surface area contributed by atoms with E-state index in [9.17, 15) is 0 Å².